The molecule has 2 aromatic heterocycles. The molecule has 1 aliphatic carbocycles. The van der Waals surface area contributed by atoms with E-state index in [1.54, 1.807) is 17.3 Å². The fraction of sp³-hybridized carbons (Fsp3) is 0.471. The van der Waals surface area contributed by atoms with Gasteiger partial charge in [-0.25, -0.2) is 9.97 Å². The van der Waals surface area contributed by atoms with Gasteiger partial charge in [0.2, 0.25) is 0 Å². The molecule has 1 saturated heterocycles. The molecule has 24 heavy (non-hydrogen) atoms. The molecular weight excluding hydrogens is 308 g/mol. The van der Waals surface area contributed by atoms with Gasteiger partial charge in [-0.3, -0.25) is 4.79 Å². The minimum absolute atomic E-state index is 0.119. The van der Waals surface area contributed by atoms with Gasteiger partial charge in [0, 0.05) is 43.9 Å². The Labute approximate surface area is 139 Å². The van der Waals surface area contributed by atoms with E-state index in [0.29, 0.717) is 37.7 Å². The second-order valence-corrected chi connectivity index (χ2v) is 6.44. The van der Waals surface area contributed by atoms with Crippen molar-refractivity contribution in [1.82, 2.24) is 14.9 Å². The number of nitrogens with zero attached hydrogens (tertiary/aromatic N) is 4. The Bertz CT molecular complexity index is 714. The summed E-state index contributed by atoms with van der Waals surface area (Å²) in [5, 5.41) is 10.3. The summed E-state index contributed by atoms with van der Waals surface area (Å²) in [5.41, 5.74) is 1.58. The molecule has 2 aromatic rings. The van der Waals surface area contributed by atoms with Crippen molar-refractivity contribution in [3.8, 4) is 0 Å². The van der Waals surface area contributed by atoms with Gasteiger partial charge in [0.1, 0.15) is 18.4 Å². The molecule has 7 heteroatoms. The van der Waals surface area contributed by atoms with Crippen molar-refractivity contribution in [2.45, 2.75) is 24.9 Å². The molecule has 126 valence electrons. The van der Waals surface area contributed by atoms with Gasteiger partial charge >= 0.3 is 0 Å². The van der Waals surface area contributed by atoms with Gasteiger partial charge in [-0.15, -0.1) is 0 Å². The molecule has 0 aromatic carbocycles. The van der Waals surface area contributed by atoms with Crippen molar-refractivity contribution in [1.29, 1.82) is 0 Å². The van der Waals surface area contributed by atoms with E-state index in [1.165, 1.54) is 25.4 Å². The third-order valence-corrected chi connectivity index (χ3v) is 4.55. The van der Waals surface area contributed by atoms with Crippen LogP contribution in [0.3, 0.4) is 0 Å². The van der Waals surface area contributed by atoms with E-state index in [4.69, 9.17) is 4.42 Å². The molecule has 0 bridgehead atoms. The van der Waals surface area contributed by atoms with E-state index < -0.39 is 6.10 Å². The summed E-state index contributed by atoms with van der Waals surface area (Å²) in [6.07, 6.45) is 6.26. The zero-order chi connectivity index (χ0) is 16.5. The summed E-state index contributed by atoms with van der Waals surface area (Å²) in [6.45, 7) is 1.92. The van der Waals surface area contributed by atoms with Crippen LogP contribution in [-0.2, 0) is 0 Å². The highest BCUT2D eigenvalue weighted by atomic mass is 16.3. The first kappa shape index (κ1) is 15.1. The number of anilines is 1. The molecule has 2 fully saturated rings. The number of furan rings is 1. The van der Waals surface area contributed by atoms with Crippen LogP contribution in [0.1, 0.15) is 34.8 Å². The van der Waals surface area contributed by atoms with Crippen LogP contribution in [0.5, 0.6) is 0 Å². The smallest absolute Gasteiger partial charge is 0.257 e. The molecule has 7 nitrogen and oxygen atoms in total. The van der Waals surface area contributed by atoms with Gasteiger partial charge in [-0.2, -0.15) is 0 Å². The van der Waals surface area contributed by atoms with Crippen LogP contribution in [0.4, 0.5) is 5.82 Å². The second kappa shape index (κ2) is 6.24. The first-order valence-electron chi connectivity index (χ1n) is 8.27. The SMILES string of the molecule is O=C(c1ccoc1)N1CCN(c2cc(C3CC3)ncn2)C[C@@H](O)C1. The van der Waals surface area contributed by atoms with Crippen LogP contribution >= 0.6 is 0 Å². The van der Waals surface area contributed by atoms with E-state index in [0.717, 1.165) is 11.5 Å². The Morgan fingerprint density at radius 1 is 1.25 bits per heavy atom. The number of aromatic nitrogens is 2. The fourth-order valence-electron chi connectivity index (χ4n) is 3.09. The first-order chi connectivity index (χ1) is 11.7. The molecule has 1 N–H and O–H groups in total. The van der Waals surface area contributed by atoms with Gasteiger partial charge in [-0.05, 0) is 18.9 Å². The largest absolute Gasteiger partial charge is 0.472 e. The van der Waals surface area contributed by atoms with Crippen molar-refractivity contribution < 1.29 is 14.3 Å². The maximum absolute atomic E-state index is 12.5. The maximum Gasteiger partial charge on any atom is 0.257 e. The van der Waals surface area contributed by atoms with Gasteiger partial charge in [0.05, 0.1) is 17.9 Å². The highest BCUT2D eigenvalue weighted by Crippen LogP contribution is 2.39. The molecule has 4 rings (SSSR count). The summed E-state index contributed by atoms with van der Waals surface area (Å²) in [4.78, 5) is 24.9. The molecule has 3 heterocycles. The van der Waals surface area contributed by atoms with E-state index in [-0.39, 0.29) is 5.91 Å². The predicted octanol–water partition coefficient (Wildman–Crippen LogP) is 1.27. The van der Waals surface area contributed by atoms with Crippen LogP contribution in [0.25, 0.3) is 0 Å². The number of amides is 1. The summed E-state index contributed by atoms with van der Waals surface area (Å²) >= 11 is 0. The summed E-state index contributed by atoms with van der Waals surface area (Å²) in [7, 11) is 0. The average molecular weight is 328 g/mol. The van der Waals surface area contributed by atoms with Crippen molar-refractivity contribution in [2.75, 3.05) is 31.1 Å². The van der Waals surface area contributed by atoms with Crippen LogP contribution in [0.2, 0.25) is 0 Å². The third-order valence-electron chi connectivity index (χ3n) is 4.55. The number of rotatable bonds is 3. The fourth-order valence-corrected chi connectivity index (χ4v) is 3.09. The van der Waals surface area contributed by atoms with Gasteiger partial charge in [-0.1, -0.05) is 0 Å². The number of hydrogen-bond donors (Lipinski definition) is 1. The number of carbonyl (C=O) groups is 1. The monoisotopic (exact) mass is 328 g/mol. The van der Waals surface area contributed by atoms with E-state index in [9.17, 15) is 9.90 Å². The zero-order valence-corrected chi connectivity index (χ0v) is 13.3. The molecule has 0 radical (unpaired) electrons. The Kier molecular flexibility index (Phi) is 3.93. The van der Waals surface area contributed by atoms with Crippen LogP contribution in [-0.4, -0.2) is 58.2 Å². The average Bonchev–Trinajstić information content (AvgIpc) is 3.35. The highest BCUT2D eigenvalue weighted by Gasteiger charge is 2.28. The molecule has 1 amide bonds. The van der Waals surface area contributed by atoms with Gasteiger partial charge in [0.15, 0.2) is 0 Å². The lowest BCUT2D eigenvalue weighted by molar-refractivity contribution is 0.0673. The first-order valence-corrected chi connectivity index (χ1v) is 8.27. The summed E-state index contributed by atoms with van der Waals surface area (Å²) in [5.74, 6) is 1.26. The molecular formula is C17H20N4O3. The topological polar surface area (TPSA) is 82.7 Å². The van der Waals surface area contributed by atoms with E-state index in [1.807, 2.05) is 11.0 Å². The number of aliphatic hydroxyl groups is 1. The maximum atomic E-state index is 12.5. The Morgan fingerprint density at radius 3 is 2.88 bits per heavy atom. The number of β-amino-alcohol motifs (C(OH)–C–C–N with tert-alkyl or cyclic N) is 1. The summed E-state index contributed by atoms with van der Waals surface area (Å²) < 4.78 is 4.98. The lowest BCUT2D eigenvalue weighted by Crippen LogP contribution is -2.37. The standard InChI is InChI=1S/C17H20N4O3/c22-14-8-20(16-7-15(12-1-2-12)18-11-19-16)4-5-21(9-14)17(23)13-3-6-24-10-13/h3,6-7,10-12,14,22H,1-2,4-5,8-9H2/t14-/m1/s1. The molecule has 1 aliphatic heterocycles. The minimum atomic E-state index is -0.623. The molecule has 0 spiro atoms. The Balaban J connectivity index is 1.49. The summed E-state index contributed by atoms with van der Waals surface area (Å²) in [6, 6.07) is 3.65. The lowest BCUT2D eigenvalue weighted by atomic mass is 10.2. The van der Waals surface area contributed by atoms with Crippen molar-refractivity contribution >= 4 is 11.7 Å². The van der Waals surface area contributed by atoms with Gasteiger partial charge in [0.25, 0.3) is 5.91 Å². The quantitative estimate of drug-likeness (QED) is 0.914. The Morgan fingerprint density at radius 2 is 2.12 bits per heavy atom. The van der Waals surface area contributed by atoms with Crippen molar-refractivity contribution in [3.63, 3.8) is 0 Å². The highest BCUT2D eigenvalue weighted by molar-refractivity contribution is 5.93. The molecule has 0 unspecified atom stereocenters. The van der Waals surface area contributed by atoms with Crippen molar-refractivity contribution in [3.05, 3.63) is 42.2 Å². The zero-order valence-electron chi connectivity index (χ0n) is 13.3. The molecule has 1 saturated carbocycles. The van der Waals surface area contributed by atoms with Crippen molar-refractivity contribution in [2.24, 2.45) is 0 Å². The number of aliphatic hydroxyl groups excluding tert-OH is 1. The molecule has 1 atom stereocenters. The molecule has 2 aliphatic rings. The van der Waals surface area contributed by atoms with E-state index >= 15 is 0 Å². The van der Waals surface area contributed by atoms with Crippen LogP contribution in [0, 0.1) is 0 Å². The normalized spacial score (nSPS) is 21.6. The number of carbonyl (C=O) groups excluding carboxylic acids is 1. The Hall–Kier alpha value is -2.41. The number of hydrogen-bond acceptors (Lipinski definition) is 6. The van der Waals surface area contributed by atoms with Gasteiger partial charge < -0.3 is 19.3 Å². The third kappa shape index (κ3) is 3.12. The van der Waals surface area contributed by atoms with Crippen LogP contribution in [0.15, 0.2) is 35.4 Å². The predicted molar refractivity (Wildman–Crippen MR) is 86.8 cm³/mol. The lowest BCUT2D eigenvalue weighted by Gasteiger charge is -2.22. The van der Waals surface area contributed by atoms with Crippen LogP contribution < -0.4 is 4.90 Å². The minimum Gasteiger partial charge on any atom is -0.472 e. The second-order valence-electron chi connectivity index (χ2n) is 6.44. The van der Waals surface area contributed by atoms with E-state index in [2.05, 4.69) is 9.97 Å².